The van der Waals surface area contributed by atoms with Crippen molar-refractivity contribution in [2.45, 2.75) is 19.6 Å². The Labute approximate surface area is 269 Å². The summed E-state index contributed by atoms with van der Waals surface area (Å²) in [4.78, 5) is 31.5. The molecule has 0 spiro atoms. The predicted octanol–water partition coefficient (Wildman–Crippen LogP) is 7.92. The van der Waals surface area contributed by atoms with Gasteiger partial charge in [0, 0.05) is 41.0 Å². The number of benzene rings is 4. The largest absolute Gasteiger partial charge is 0.399 e. The van der Waals surface area contributed by atoms with Crippen molar-refractivity contribution < 1.29 is 13.6 Å². The van der Waals surface area contributed by atoms with E-state index in [4.69, 9.17) is 5.73 Å². The van der Waals surface area contributed by atoms with Crippen molar-refractivity contribution in [2.24, 2.45) is 0 Å². The number of hydrogen-bond donors (Lipinski definition) is 1. The van der Waals surface area contributed by atoms with E-state index in [0.29, 0.717) is 34.6 Å². The first kappa shape index (κ1) is 31.8. The molecule has 6 aromatic rings. The fraction of sp³-hybridized carbons (Fsp3) is 0.111. The number of anilines is 1. The standard InChI is InChI=1S/C36H29F2N3O2S.ClH/c1-40(19-23-9-4-2-5-10-23)20-28-32-34(43)29(33(42)24-11-6-3-7-12-24)22-41(21-27-30(37)13-8-14-31(27)38)36(32)44-35(28)25-15-17-26(39)18-16-25;/h2-18,22H,19-21,39H2,1H3;1H. The van der Waals surface area contributed by atoms with Crippen LogP contribution in [-0.4, -0.2) is 22.3 Å². The summed E-state index contributed by atoms with van der Waals surface area (Å²) in [5.74, 6) is -1.86. The van der Waals surface area contributed by atoms with Crippen LogP contribution in [0.5, 0.6) is 0 Å². The lowest BCUT2D eigenvalue weighted by atomic mass is 10.00. The quantitative estimate of drug-likeness (QED) is 0.129. The van der Waals surface area contributed by atoms with Gasteiger partial charge in [-0.2, -0.15) is 0 Å². The van der Waals surface area contributed by atoms with Crippen LogP contribution < -0.4 is 11.2 Å². The predicted molar refractivity (Wildman–Crippen MR) is 180 cm³/mol. The molecule has 0 atom stereocenters. The highest BCUT2D eigenvalue weighted by atomic mass is 35.5. The average molecular weight is 642 g/mol. The summed E-state index contributed by atoms with van der Waals surface area (Å²) in [7, 11) is 1.97. The Hall–Kier alpha value is -4.63. The van der Waals surface area contributed by atoms with Crippen molar-refractivity contribution in [3.63, 3.8) is 0 Å². The molecular formula is C36H30ClF2N3O2S. The Balaban J connectivity index is 0.00000400. The Bertz CT molecular complexity index is 2010. The lowest BCUT2D eigenvalue weighted by molar-refractivity contribution is 0.103. The van der Waals surface area contributed by atoms with Crippen molar-refractivity contribution in [3.8, 4) is 10.4 Å². The van der Waals surface area contributed by atoms with Crippen LogP contribution in [0.4, 0.5) is 14.5 Å². The molecule has 0 radical (unpaired) electrons. The first-order valence-corrected chi connectivity index (χ1v) is 14.9. The number of rotatable bonds is 9. The van der Waals surface area contributed by atoms with Gasteiger partial charge in [-0.3, -0.25) is 14.5 Å². The number of carbonyl (C=O) groups excluding carboxylic acids is 1. The number of halogens is 3. The van der Waals surface area contributed by atoms with Gasteiger partial charge in [0.25, 0.3) is 0 Å². The molecule has 228 valence electrons. The van der Waals surface area contributed by atoms with Crippen molar-refractivity contribution in [2.75, 3.05) is 12.8 Å². The smallest absolute Gasteiger partial charge is 0.201 e. The summed E-state index contributed by atoms with van der Waals surface area (Å²) in [5, 5.41) is 0.361. The molecule has 5 nitrogen and oxygen atoms in total. The second-order valence-corrected chi connectivity index (χ2v) is 11.8. The highest BCUT2D eigenvalue weighted by Gasteiger charge is 2.25. The Morgan fingerprint density at radius 2 is 1.44 bits per heavy atom. The van der Waals surface area contributed by atoms with Gasteiger partial charge >= 0.3 is 0 Å². The number of carbonyl (C=O) groups is 1. The maximum atomic E-state index is 14.9. The zero-order valence-corrected chi connectivity index (χ0v) is 26.0. The molecule has 4 aromatic carbocycles. The minimum Gasteiger partial charge on any atom is -0.399 e. The number of aromatic nitrogens is 1. The first-order chi connectivity index (χ1) is 21.3. The van der Waals surface area contributed by atoms with E-state index >= 15 is 0 Å². The van der Waals surface area contributed by atoms with Gasteiger partial charge in [-0.1, -0.05) is 78.9 Å². The number of hydrogen-bond acceptors (Lipinski definition) is 5. The van der Waals surface area contributed by atoms with Gasteiger partial charge < -0.3 is 10.3 Å². The van der Waals surface area contributed by atoms with E-state index < -0.39 is 22.8 Å². The maximum absolute atomic E-state index is 14.9. The third-order valence-electron chi connectivity index (χ3n) is 7.57. The zero-order chi connectivity index (χ0) is 30.8. The van der Waals surface area contributed by atoms with Crippen molar-refractivity contribution in [1.82, 2.24) is 9.47 Å². The molecule has 0 unspecified atom stereocenters. The summed E-state index contributed by atoms with van der Waals surface area (Å²) in [6.07, 6.45) is 1.44. The van der Waals surface area contributed by atoms with E-state index in [1.54, 1.807) is 47.0 Å². The van der Waals surface area contributed by atoms with E-state index in [1.165, 1.54) is 35.7 Å². The fourth-order valence-corrected chi connectivity index (χ4v) is 6.70. The third kappa shape index (κ3) is 6.59. The molecule has 0 saturated carbocycles. The van der Waals surface area contributed by atoms with E-state index in [2.05, 4.69) is 4.90 Å². The zero-order valence-electron chi connectivity index (χ0n) is 24.4. The van der Waals surface area contributed by atoms with Crippen molar-refractivity contribution in [1.29, 1.82) is 0 Å². The SMILES string of the molecule is CN(Cc1ccccc1)Cc1c(-c2ccc(N)cc2)sc2c1c(=O)c(C(=O)c1ccccc1)cn2Cc1c(F)cccc1F.Cl. The molecular weight excluding hydrogens is 612 g/mol. The molecule has 0 bridgehead atoms. The van der Waals surface area contributed by atoms with Crippen LogP contribution in [0.15, 0.2) is 114 Å². The van der Waals surface area contributed by atoms with E-state index in [0.717, 1.165) is 21.6 Å². The molecule has 9 heteroatoms. The molecule has 0 saturated heterocycles. The van der Waals surface area contributed by atoms with Crippen molar-refractivity contribution >= 4 is 45.4 Å². The summed E-state index contributed by atoms with van der Waals surface area (Å²) in [6, 6.07) is 29.6. The first-order valence-electron chi connectivity index (χ1n) is 14.1. The Morgan fingerprint density at radius 1 is 0.822 bits per heavy atom. The normalized spacial score (nSPS) is 11.1. The van der Waals surface area contributed by atoms with Crippen LogP contribution in [0.3, 0.4) is 0 Å². The van der Waals surface area contributed by atoms with Crippen molar-refractivity contribution in [3.05, 3.63) is 159 Å². The van der Waals surface area contributed by atoms with Gasteiger partial charge in [0.15, 0.2) is 5.78 Å². The number of nitrogens with two attached hydrogens (primary N) is 1. The number of pyridine rings is 1. The van der Waals surface area contributed by atoms with E-state index in [9.17, 15) is 18.4 Å². The lowest BCUT2D eigenvalue weighted by Gasteiger charge is -2.18. The molecule has 0 aliphatic heterocycles. The number of ketones is 1. The van der Waals surface area contributed by atoms with Gasteiger partial charge in [-0.15, -0.1) is 23.7 Å². The van der Waals surface area contributed by atoms with Crippen LogP contribution in [0.25, 0.3) is 20.7 Å². The highest BCUT2D eigenvalue weighted by Crippen LogP contribution is 2.39. The monoisotopic (exact) mass is 641 g/mol. The minimum atomic E-state index is -0.703. The molecule has 2 aromatic heterocycles. The summed E-state index contributed by atoms with van der Waals surface area (Å²) in [5.41, 5.74) is 9.01. The number of nitrogen functional groups attached to an aromatic ring is 1. The van der Waals surface area contributed by atoms with Crippen LogP contribution in [-0.2, 0) is 19.6 Å². The van der Waals surface area contributed by atoms with Gasteiger partial charge in [0.05, 0.1) is 17.5 Å². The summed E-state index contributed by atoms with van der Waals surface area (Å²) in [6.45, 7) is 0.808. The van der Waals surface area contributed by atoms with Crippen LogP contribution >= 0.6 is 23.7 Å². The fourth-order valence-electron chi connectivity index (χ4n) is 5.41. The number of nitrogens with zero attached hydrogens (tertiary/aromatic N) is 2. The van der Waals surface area contributed by atoms with Crippen LogP contribution in [0.1, 0.15) is 32.6 Å². The second kappa shape index (κ2) is 13.6. The highest BCUT2D eigenvalue weighted by molar-refractivity contribution is 7.22. The topological polar surface area (TPSA) is 68.3 Å². The maximum Gasteiger partial charge on any atom is 0.201 e. The molecule has 0 amide bonds. The van der Waals surface area contributed by atoms with Gasteiger partial charge in [-0.25, -0.2) is 8.78 Å². The molecule has 2 heterocycles. The van der Waals surface area contributed by atoms with Gasteiger partial charge in [0.1, 0.15) is 16.5 Å². The lowest BCUT2D eigenvalue weighted by Crippen LogP contribution is -2.22. The average Bonchev–Trinajstić information content (AvgIpc) is 3.40. The summed E-state index contributed by atoms with van der Waals surface area (Å²) < 4.78 is 31.4. The van der Waals surface area contributed by atoms with Crippen LogP contribution in [0.2, 0.25) is 0 Å². The van der Waals surface area contributed by atoms with Crippen LogP contribution in [0, 0.1) is 11.6 Å². The Kier molecular flexibility index (Phi) is 9.58. The second-order valence-electron chi connectivity index (χ2n) is 10.8. The summed E-state index contributed by atoms with van der Waals surface area (Å²) >= 11 is 1.36. The molecule has 0 aliphatic rings. The Morgan fingerprint density at radius 3 is 2.09 bits per heavy atom. The molecule has 2 N–H and O–H groups in total. The minimum absolute atomic E-state index is 0. The van der Waals surface area contributed by atoms with Gasteiger partial charge in [0.2, 0.25) is 5.43 Å². The number of thiophene rings is 1. The third-order valence-corrected chi connectivity index (χ3v) is 8.89. The molecule has 0 fully saturated rings. The van der Waals surface area contributed by atoms with E-state index in [-0.39, 0.29) is 30.1 Å². The molecule has 6 rings (SSSR count). The molecule has 0 aliphatic carbocycles. The number of fused-ring (bicyclic) bond motifs is 1. The van der Waals surface area contributed by atoms with E-state index in [1.807, 2.05) is 49.5 Å². The van der Waals surface area contributed by atoms with Gasteiger partial charge in [-0.05, 0) is 48.0 Å². The molecule has 45 heavy (non-hydrogen) atoms.